The number of amides is 1. The predicted octanol–water partition coefficient (Wildman–Crippen LogP) is 3.89. The summed E-state index contributed by atoms with van der Waals surface area (Å²) >= 11 is 6.34. The molecule has 6 heteroatoms. The van der Waals surface area contributed by atoms with Crippen LogP contribution in [0.5, 0.6) is 11.5 Å². The number of anilines is 2. The van der Waals surface area contributed by atoms with Crippen LogP contribution in [0.2, 0.25) is 5.02 Å². The van der Waals surface area contributed by atoms with Gasteiger partial charge >= 0.3 is 0 Å². The Morgan fingerprint density at radius 3 is 2.77 bits per heavy atom. The minimum Gasteiger partial charge on any atom is -0.490 e. The summed E-state index contributed by atoms with van der Waals surface area (Å²) in [5.41, 5.74) is 2.88. The van der Waals surface area contributed by atoms with E-state index in [2.05, 4.69) is 18.3 Å². The van der Waals surface area contributed by atoms with E-state index in [0.29, 0.717) is 35.4 Å². The summed E-state index contributed by atoms with van der Waals surface area (Å²) in [6.07, 6.45) is 1.71. The Morgan fingerprint density at radius 1 is 1.23 bits per heavy atom. The molecule has 2 heterocycles. The lowest BCUT2D eigenvalue weighted by atomic mass is 10.1. The molecule has 0 saturated carbocycles. The Morgan fingerprint density at radius 2 is 1.96 bits per heavy atom. The molecule has 0 aromatic heterocycles. The van der Waals surface area contributed by atoms with Crippen molar-refractivity contribution in [3.63, 3.8) is 0 Å². The number of benzene rings is 2. The summed E-state index contributed by atoms with van der Waals surface area (Å²) < 4.78 is 11.3. The molecule has 1 atom stereocenters. The van der Waals surface area contributed by atoms with E-state index in [0.717, 1.165) is 18.5 Å². The van der Waals surface area contributed by atoms with Crippen molar-refractivity contribution in [1.29, 1.82) is 0 Å². The summed E-state index contributed by atoms with van der Waals surface area (Å²) in [5, 5.41) is 3.66. The average Bonchev–Trinajstić information content (AvgIpc) is 2.80. The molecule has 2 aromatic rings. The number of rotatable bonds is 3. The van der Waals surface area contributed by atoms with E-state index in [1.54, 1.807) is 12.1 Å². The van der Waals surface area contributed by atoms with Crippen LogP contribution < -0.4 is 19.7 Å². The van der Waals surface area contributed by atoms with Gasteiger partial charge in [-0.15, -0.1) is 0 Å². The molecule has 2 aromatic carbocycles. The van der Waals surface area contributed by atoms with Crippen molar-refractivity contribution >= 4 is 28.9 Å². The first kappa shape index (κ1) is 17.0. The third-order valence-corrected chi connectivity index (χ3v) is 5.06. The number of hydrogen-bond donors (Lipinski definition) is 1. The molecular formula is C20H21ClN2O3. The van der Waals surface area contributed by atoms with Crippen LogP contribution in [-0.4, -0.2) is 31.7 Å². The van der Waals surface area contributed by atoms with Crippen molar-refractivity contribution in [2.24, 2.45) is 0 Å². The third-order valence-electron chi connectivity index (χ3n) is 4.74. The predicted molar refractivity (Wildman–Crippen MR) is 103 cm³/mol. The fourth-order valence-electron chi connectivity index (χ4n) is 3.52. The van der Waals surface area contributed by atoms with Crippen LogP contribution in [-0.2, 0) is 11.2 Å². The molecule has 26 heavy (non-hydrogen) atoms. The van der Waals surface area contributed by atoms with E-state index in [4.69, 9.17) is 21.1 Å². The number of fused-ring (bicyclic) bond motifs is 2. The fraction of sp³-hybridized carbons (Fsp3) is 0.350. The van der Waals surface area contributed by atoms with E-state index in [-0.39, 0.29) is 18.5 Å². The second-order valence-electron chi connectivity index (χ2n) is 6.63. The molecule has 0 aliphatic carbocycles. The topological polar surface area (TPSA) is 50.8 Å². The average molecular weight is 373 g/mol. The van der Waals surface area contributed by atoms with Crippen molar-refractivity contribution in [2.45, 2.75) is 25.8 Å². The van der Waals surface area contributed by atoms with Crippen molar-refractivity contribution in [2.75, 3.05) is 30.0 Å². The van der Waals surface area contributed by atoms with Crippen LogP contribution in [0.25, 0.3) is 0 Å². The smallest absolute Gasteiger partial charge is 0.246 e. The van der Waals surface area contributed by atoms with Crippen LogP contribution in [0.1, 0.15) is 18.9 Å². The number of carbonyl (C=O) groups is 1. The molecule has 1 amide bonds. The first-order valence-electron chi connectivity index (χ1n) is 8.86. The molecule has 0 saturated heterocycles. The summed E-state index contributed by atoms with van der Waals surface area (Å²) in [5.74, 6) is 1.32. The highest BCUT2D eigenvalue weighted by Crippen LogP contribution is 2.38. The Hall–Kier alpha value is -2.40. The Kier molecular flexibility index (Phi) is 4.64. The molecule has 0 bridgehead atoms. The molecule has 2 aliphatic rings. The van der Waals surface area contributed by atoms with E-state index in [1.807, 2.05) is 23.1 Å². The first-order valence-corrected chi connectivity index (χ1v) is 9.24. The van der Waals surface area contributed by atoms with E-state index >= 15 is 0 Å². The summed E-state index contributed by atoms with van der Waals surface area (Å²) in [6.45, 7) is 3.45. The third kappa shape index (κ3) is 3.19. The zero-order valence-corrected chi connectivity index (χ0v) is 15.4. The Labute approximate surface area is 157 Å². The van der Waals surface area contributed by atoms with Gasteiger partial charge in [0.25, 0.3) is 0 Å². The normalized spacial score (nSPS) is 18.2. The number of nitrogens with zero attached hydrogens (tertiary/aromatic N) is 1. The molecule has 5 nitrogen and oxygen atoms in total. The number of para-hydroxylation sites is 1. The van der Waals surface area contributed by atoms with Gasteiger partial charge in [-0.3, -0.25) is 4.79 Å². The molecule has 0 radical (unpaired) electrons. The van der Waals surface area contributed by atoms with Crippen LogP contribution in [0.3, 0.4) is 0 Å². The highest BCUT2D eigenvalue weighted by molar-refractivity contribution is 6.33. The minimum atomic E-state index is 0.0191. The fourth-order valence-corrected chi connectivity index (χ4v) is 3.74. The maximum atomic E-state index is 12.8. The number of nitrogens with one attached hydrogen (secondary N) is 1. The second-order valence-corrected chi connectivity index (χ2v) is 7.04. The highest BCUT2D eigenvalue weighted by Gasteiger charge is 2.30. The summed E-state index contributed by atoms with van der Waals surface area (Å²) in [6, 6.07) is 11.7. The molecule has 4 rings (SSSR count). The van der Waals surface area contributed by atoms with Gasteiger partial charge < -0.3 is 19.7 Å². The first-order chi connectivity index (χ1) is 12.6. The zero-order chi connectivity index (χ0) is 18.1. The highest BCUT2D eigenvalue weighted by atomic mass is 35.5. The number of ether oxygens (including phenoxy) is 2. The van der Waals surface area contributed by atoms with Gasteiger partial charge in [0.15, 0.2) is 11.5 Å². The van der Waals surface area contributed by atoms with Gasteiger partial charge in [0.05, 0.1) is 30.5 Å². The van der Waals surface area contributed by atoms with Crippen molar-refractivity contribution in [3.05, 3.63) is 47.0 Å². The van der Waals surface area contributed by atoms with Crippen LogP contribution in [0.4, 0.5) is 11.4 Å². The zero-order valence-electron chi connectivity index (χ0n) is 14.6. The van der Waals surface area contributed by atoms with E-state index < -0.39 is 0 Å². The summed E-state index contributed by atoms with van der Waals surface area (Å²) in [7, 11) is 0. The quantitative estimate of drug-likeness (QED) is 0.888. The molecule has 0 fully saturated rings. The number of halogens is 1. The monoisotopic (exact) mass is 372 g/mol. The van der Waals surface area contributed by atoms with Gasteiger partial charge in [0.2, 0.25) is 5.91 Å². The largest absolute Gasteiger partial charge is 0.490 e. The maximum absolute atomic E-state index is 12.8. The molecule has 1 unspecified atom stereocenters. The van der Waals surface area contributed by atoms with Gasteiger partial charge in [0, 0.05) is 30.3 Å². The maximum Gasteiger partial charge on any atom is 0.246 e. The van der Waals surface area contributed by atoms with Crippen molar-refractivity contribution < 1.29 is 14.3 Å². The van der Waals surface area contributed by atoms with E-state index in [9.17, 15) is 4.79 Å². The Bertz CT molecular complexity index is 840. The van der Waals surface area contributed by atoms with Crippen molar-refractivity contribution in [3.8, 4) is 11.5 Å². The molecule has 2 aliphatic heterocycles. The van der Waals surface area contributed by atoms with Crippen LogP contribution >= 0.6 is 11.6 Å². The van der Waals surface area contributed by atoms with Gasteiger partial charge in [-0.05, 0) is 25.0 Å². The second kappa shape index (κ2) is 7.08. The standard InChI is InChI=1S/C20H21ClN2O3/c1-13-9-14-5-2-3-6-17(14)23(13)20(24)12-22-16-11-19-18(10-15(16)21)25-7-4-8-26-19/h2-3,5-6,10-11,13,22H,4,7-9,12H2,1H3. The lowest BCUT2D eigenvalue weighted by Gasteiger charge is -2.23. The number of hydrogen-bond acceptors (Lipinski definition) is 4. The van der Waals surface area contributed by atoms with Crippen LogP contribution in [0.15, 0.2) is 36.4 Å². The lowest BCUT2D eigenvalue weighted by Crippen LogP contribution is -2.39. The summed E-state index contributed by atoms with van der Waals surface area (Å²) in [4.78, 5) is 14.7. The SMILES string of the molecule is CC1Cc2ccccc2N1C(=O)CNc1cc2c(cc1Cl)OCCCO2. The molecular weight excluding hydrogens is 352 g/mol. The van der Waals surface area contributed by atoms with Gasteiger partial charge in [0.1, 0.15) is 0 Å². The van der Waals surface area contributed by atoms with Crippen LogP contribution in [0, 0.1) is 0 Å². The van der Waals surface area contributed by atoms with Gasteiger partial charge in [-0.25, -0.2) is 0 Å². The van der Waals surface area contributed by atoms with Gasteiger partial charge in [-0.1, -0.05) is 29.8 Å². The van der Waals surface area contributed by atoms with Gasteiger partial charge in [-0.2, -0.15) is 0 Å². The lowest BCUT2D eigenvalue weighted by molar-refractivity contribution is -0.117. The van der Waals surface area contributed by atoms with E-state index in [1.165, 1.54) is 5.56 Å². The van der Waals surface area contributed by atoms with Crippen molar-refractivity contribution in [1.82, 2.24) is 0 Å². The molecule has 136 valence electrons. The minimum absolute atomic E-state index is 0.0191. The molecule has 1 N–H and O–H groups in total. The molecule has 0 spiro atoms. The number of carbonyl (C=O) groups excluding carboxylic acids is 1. The Balaban J connectivity index is 1.49.